The van der Waals surface area contributed by atoms with Gasteiger partial charge in [0.05, 0.1) is 5.58 Å². The molecule has 9 rings (SSSR count). The van der Waals surface area contributed by atoms with Crippen LogP contribution in [-0.4, -0.2) is 15.0 Å². The first-order valence-electron chi connectivity index (χ1n) is 17.9. The van der Waals surface area contributed by atoms with Gasteiger partial charge in [-0.15, -0.1) is 47.5 Å². The van der Waals surface area contributed by atoms with E-state index in [1.54, 1.807) is 0 Å². The monoisotopic (exact) mass is 878 g/mol. The van der Waals surface area contributed by atoms with E-state index in [0.717, 1.165) is 55.7 Å². The Morgan fingerprint density at radius 2 is 1.30 bits per heavy atom. The van der Waals surface area contributed by atoms with E-state index in [4.69, 9.17) is 9.40 Å². The van der Waals surface area contributed by atoms with Crippen LogP contribution in [0.5, 0.6) is 0 Å². The number of aromatic nitrogens is 3. The van der Waals surface area contributed by atoms with Gasteiger partial charge in [-0.3, -0.25) is 0 Å². The Kier molecular flexibility index (Phi) is 10.4. The maximum absolute atomic E-state index is 6.18. The van der Waals surface area contributed by atoms with Gasteiger partial charge in [-0.1, -0.05) is 107 Å². The summed E-state index contributed by atoms with van der Waals surface area (Å²) in [5.41, 5.74) is 17.0. The molecule has 0 bridgehead atoms. The number of pyridine rings is 3. The zero-order valence-electron chi connectivity index (χ0n) is 31.2. The summed E-state index contributed by atoms with van der Waals surface area (Å²) in [6.07, 6.45) is 3.86. The molecule has 0 atom stereocenters. The van der Waals surface area contributed by atoms with Crippen LogP contribution in [0.2, 0.25) is 0 Å². The second-order valence-corrected chi connectivity index (χ2v) is 13.9. The molecule has 4 nitrogen and oxygen atoms in total. The maximum Gasteiger partial charge on any atom is 0.216 e. The Morgan fingerprint density at radius 1 is 0.556 bits per heavy atom. The Bertz CT molecular complexity index is 2800. The van der Waals surface area contributed by atoms with Crippen molar-refractivity contribution in [2.45, 2.75) is 41.5 Å². The Morgan fingerprint density at radius 3 is 2.11 bits per heavy atom. The van der Waals surface area contributed by atoms with Gasteiger partial charge in [0.2, 0.25) is 5.71 Å². The summed E-state index contributed by atoms with van der Waals surface area (Å²) >= 11 is 0. The second-order valence-electron chi connectivity index (χ2n) is 13.9. The van der Waals surface area contributed by atoms with Gasteiger partial charge in [0.15, 0.2) is 0 Å². The smallest absolute Gasteiger partial charge is 0.216 e. The molecular formula is C49H39IrN3O-2. The molecule has 9 aromatic rings. The molecule has 0 amide bonds. The largest absolute Gasteiger partial charge is 0.486 e. The molecule has 5 aromatic carbocycles. The Balaban J connectivity index is 0.000000178. The van der Waals surface area contributed by atoms with Crippen molar-refractivity contribution < 1.29 is 24.5 Å². The first-order chi connectivity index (χ1) is 25.7. The minimum Gasteiger partial charge on any atom is -0.486 e. The number of aryl methyl sites for hydroxylation is 6. The van der Waals surface area contributed by atoms with Crippen LogP contribution in [-0.2, 0) is 20.1 Å². The van der Waals surface area contributed by atoms with Gasteiger partial charge in [-0.25, -0.2) is 4.98 Å². The minimum absolute atomic E-state index is 0. The second kappa shape index (κ2) is 15.3. The fourth-order valence-electron chi connectivity index (χ4n) is 6.82. The van der Waals surface area contributed by atoms with Crippen molar-refractivity contribution in [3.05, 3.63) is 173 Å². The molecule has 0 aliphatic carbocycles. The van der Waals surface area contributed by atoms with Gasteiger partial charge in [0.1, 0.15) is 0 Å². The van der Waals surface area contributed by atoms with Crippen LogP contribution in [0.15, 0.2) is 132 Å². The SMILES string of the molecule is Cc1ccc2cc(-c3cc(-c4[c-]ccc5c4oc4nc(C)ccc45)ncc3C)ccc2c1.Cc1cnc(-c2[c-]cc(C)c(-c3ccccc3)c2)cc1C.[Ir]. The van der Waals surface area contributed by atoms with Crippen LogP contribution in [0.1, 0.15) is 33.5 Å². The molecule has 0 aliphatic rings. The molecule has 0 unspecified atom stereocenters. The van der Waals surface area contributed by atoms with Gasteiger partial charge in [0, 0.05) is 43.6 Å². The summed E-state index contributed by atoms with van der Waals surface area (Å²) in [4.78, 5) is 13.8. The van der Waals surface area contributed by atoms with Crippen molar-refractivity contribution in [2.24, 2.45) is 0 Å². The number of rotatable bonds is 4. The van der Waals surface area contributed by atoms with E-state index < -0.39 is 0 Å². The summed E-state index contributed by atoms with van der Waals surface area (Å²) in [6, 6.07) is 46.9. The van der Waals surface area contributed by atoms with Crippen molar-refractivity contribution >= 4 is 32.8 Å². The average Bonchev–Trinajstić information content (AvgIpc) is 3.54. The van der Waals surface area contributed by atoms with E-state index in [9.17, 15) is 0 Å². The summed E-state index contributed by atoms with van der Waals surface area (Å²) in [5.74, 6) is 0. The van der Waals surface area contributed by atoms with E-state index in [0.29, 0.717) is 5.71 Å². The van der Waals surface area contributed by atoms with E-state index in [1.807, 2.05) is 43.6 Å². The summed E-state index contributed by atoms with van der Waals surface area (Å²) in [5, 5.41) is 4.53. The molecule has 0 spiro atoms. The fraction of sp³-hybridized carbons (Fsp3) is 0.122. The average molecular weight is 878 g/mol. The van der Waals surface area contributed by atoms with E-state index >= 15 is 0 Å². The van der Waals surface area contributed by atoms with Crippen molar-refractivity contribution in [3.8, 4) is 44.8 Å². The first kappa shape index (κ1) is 36.6. The van der Waals surface area contributed by atoms with E-state index in [-0.39, 0.29) is 20.1 Å². The molecular weight excluding hydrogens is 839 g/mol. The number of furan rings is 1. The number of hydrogen-bond acceptors (Lipinski definition) is 4. The van der Waals surface area contributed by atoms with Crippen molar-refractivity contribution in [1.82, 2.24) is 15.0 Å². The predicted molar refractivity (Wildman–Crippen MR) is 219 cm³/mol. The van der Waals surface area contributed by atoms with Crippen LogP contribution in [0.25, 0.3) is 77.6 Å². The molecule has 4 heterocycles. The summed E-state index contributed by atoms with van der Waals surface area (Å²) in [7, 11) is 0. The molecule has 4 aromatic heterocycles. The summed E-state index contributed by atoms with van der Waals surface area (Å²) in [6.45, 7) is 12.5. The van der Waals surface area contributed by atoms with Crippen LogP contribution in [0.4, 0.5) is 0 Å². The van der Waals surface area contributed by atoms with Gasteiger partial charge >= 0.3 is 0 Å². The van der Waals surface area contributed by atoms with Crippen LogP contribution < -0.4 is 0 Å². The van der Waals surface area contributed by atoms with Crippen LogP contribution in [0, 0.1) is 53.7 Å². The molecule has 0 saturated heterocycles. The number of benzene rings is 5. The minimum atomic E-state index is 0. The molecule has 0 aliphatic heterocycles. The first-order valence-corrected chi connectivity index (χ1v) is 17.9. The molecule has 0 fully saturated rings. The maximum atomic E-state index is 6.18. The number of hydrogen-bond donors (Lipinski definition) is 0. The van der Waals surface area contributed by atoms with Gasteiger partial charge in [-0.05, 0) is 103 Å². The van der Waals surface area contributed by atoms with E-state index in [1.165, 1.54) is 49.7 Å². The van der Waals surface area contributed by atoms with E-state index in [2.05, 4.69) is 148 Å². The zero-order valence-corrected chi connectivity index (χ0v) is 33.6. The number of fused-ring (bicyclic) bond motifs is 4. The van der Waals surface area contributed by atoms with Crippen LogP contribution >= 0.6 is 0 Å². The fourth-order valence-corrected chi connectivity index (χ4v) is 6.82. The number of nitrogens with zero attached hydrogens (tertiary/aromatic N) is 3. The standard InChI is InChI=1S/C29H21N2O.C20H18N.Ir/c1-17-7-9-21-14-22(11-10-20(21)13-17)26-15-27(30-16-18(26)2)25-6-4-5-23-24-12-8-19(3)31-29(24)32-28(23)25;1-14-9-10-18(20-11-15(2)16(3)13-21-20)12-19(14)17-7-5-4-6-8-17;/h4-5,7-16H,1-3H3;4-9,11-13H,1-3H3;/q2*-1;. The normalized spacial score (nSPS) is 11.0. The van der Waals surface area contributed by atoms with Crippen molar-refractivity contribution in [2.75, 3.05) is 0 Å². The Labute approximate surface area is 330 Å². The molecule has 0 N–H and O–H groups in total. The topological polar surface area (TPSA) is 51.8 Å². The van der Waals surface area contributed by atoms with Gasteiger partial charge in [0.25, 0.3) is 0 Å². The molecule has 5 heteroatoms. The van der Waals surface area contributed by atoms with Gasteiger partial charge in [-0.2, -0.15) is 0 Å². The summed E-state index contributed by atoms with van der Waals surface area (Å²) < 4.78 is 6.18. The predicted octanol–water partition coefficient (Wildman–Crippen LogP) is 12.7. The Hall–Kier alpha value is -5.74. The zero-order chi connectivity index (χ0) is 36.6. The van der Waals surface area contributed by atoms with Crippen LogP contribution in [0.3, 0.4) is 0 Å². The van der Waals surface area contributed by atoms with Crippen molar-refractivity contribution in [1.29, 1.82) is 0 Å². The molecule has 0 saturated carbocycles. The van der Waals surface area contributed by atoms with Crippen molar-refractivity contribution in [3.63, 3.8) is 0 Å². The quantitative estimate of drug-likeness (QED) is 0.165. The third kappa shape index (κ3) is 7.26. The van der Waals surface area contributed by atoms with Gasteiger partial charge < -0.3 is 14.4 Å². The molecule has 267 valence electrons. The molecule has 54 heavy (non-hydrogen) atoms. The third-order valence-electron chi connectivity index (χ3n) is 9.99. The molecule has 1 radical (unpaired) electrons. The third-order valence-corrected chi connectivity index (χ3v) is 9.99.